The Hall–Kier alpha value is -2.29. The Morgan fingerprint density at radius 1 is 0.696 bits per heavy atom. The normalized spacial score (nSPS) is 12.2. The number of allylic oxidation sites excluding steroid dienone is 2. The van der Waals surface area contributed by atoms with Gasteiger partial charge in [0.25, 0.3) is 0 Å². The molecular weight excluding hydrogens is 292 g/mol. The van der Waals surface area contributed by atoms with E-state index in [-0.39, 0.29) is 11.6 Å². The molecule has 0 fully saturated rings. The van der Waals surface area contributed by atoms with Crippen LogP contribution in [0, 0.1) is 11.6 Å². The van der Waals surface area contributed by atoms with E-state index in [1.165, 1.54) is 24.3 Å². The van der Waals surface area contributed by atoms with Crippen molar-refractivity contribution in [1.29, 1.82) is 0 Å². The van der Waals surface area contributed by atoms with Crippen LogP contribution in [0.25, 0.3) is 5.57 Å². The number of hydrogen-bond donors (Lipinski definition) is 0. The first-order valence-corrected chi connectivity index (χ1v) is 7.72. The molecule has 122 valence electrons. The molecule has 0 spiro atoms. The third-order valence-corrected chi connectivity index (χ3v) is 3.42. The molecule has 0 N–H and O–H groups in total. The van der Waals surface area contributed by atoms with E-state index in [1.54, 1.807) is 24.3 Å². The highest BCUT2D eigenvalue weighted by Gasteiger charge is 2.03. The van der Waals surface area contributed by atoms with Crippen molar-refractivity contribution in [3.8, 4) is 0 Å². The summed E-state index contributed by atoms with van der Waals surface area (Å²) in [4.78, 5) is 4.56. The van der Waals surface area contributed by atoms with Crippen LogP contribution < -0.4 is 0 Å². The van der Waals surface area contributed by atoms with Crippen LogP contribution in [0.15, 0.2) is 59.2 Å². The molecule has 2 aromatic carbocycles. The fourth-order valence-corrected chi connectivity index (χ4v) is 2.00. The molecule has 3 heteroatoms. The largest absolute Gasteiger partial charge is 0.258 e. The Bertz CT molecular complexity index is 681. The van der Waals surface area contributed by atoms with Crippen LogP contribution in [0.4, 0.5) is 8.78 Å². The molecular formula is C20H23F2N. The second-order valence-electron chi connectivity index (χ2n) is 4.92. The number of aliphatic imine (C=N–C) groups is 1. The van der Waals surface area contributed by atoms with Crippen molar-refractivity contribution in [2.24, 2.45) is 4.99 Å². The lowest BCUT2D eigenvalue weighted by Gasteiger charge is -2.06. The highest BCUT2D eigenvalue weighted by Crippen LogP contribution is 2.20. The number of hydrogen-bond acceptors (Lipinski definition) is 1. The van der Waals surface area contributed by atoms with Crippen LogP contribution in [0.2, 0.25) is 0 Å². The van der Waals surface area contributed by atoms with Crippen molar-refractivity contribution >= 4 is 11.3 Å². The van der Waals surface area contributed by atoms with Gasteiger partial charge in [-0.15, -0.1) is 0 Å². The van der Waals surface area contributed by atoms with Gasteiger partial charge in [-0.1, -0.05) is 38.1 Å². The maximum absolute atomic E-state index is 12.9. The van der Waals surface area contributed by atoms with E-state index in [1.807, 2.05) is 34.6 Å². The van der Waals surface area contributed by atoms with Gasteiger partial charge in [-0.25, -0.2) is 8.78 Å². The zero-order chi connectivity index (χ0) is 17.4. The molecule has 23 heavy (non-hydrogen) atoms. The lowest BCUT2D eigenvalue weighted by molar-refractivity contribution is 0.627. The van der Waals surface area contributed by atoms with Gasteiger partial charge in [0.05, 0.1) is 0 Å². The first-order valence-electron chi connectivity index (χ1n) is 7.72. The lowest BCUT2D eigenvalue weighted by Crippen LogP contribution is -1.96. The van der Waals surface area contributed by atoms with E-state index in [4.69, 9.17) is 0 Å². The van der Waals surface area contributed by atoms with E-state index in [9.17, 15) is 8.78 Å². The summed E-state index contributed by atoms with van der Waals surface area (Å²) < 4.78 is 25.9. The molecule has 0 aliphatic rings. The van der Waals surface area contributed by atoms with Gasteiger partial charge in [-0.3, -0.25) is 4.99 Å². The van der Waals surface area contributed by atoms with Crippen LogP contribution in [0.3, 0.4) is 0 Å². The molecule has 0 heterocycles. The maximum atomic E-state index is 12.9. The van der Waals surface area contributed by atoms with Crippen molar-refractivity contribution in [3.63, 3.8) is 0 Å². The third-order valence-electron chi connectivity index (χ3n) is 3.42. The molecule has 0 aliphatic heterocycles. The fraction of sp³-hybridized carbons (Fsp3) is 0.250. The lowest BCUT2D eigenvalue weighted by atomic mass is 10.1. The summed E-state index contributed by atoms with van der Waals surface area (Å²) in [5.74, 6) is -0.517. The highest BCUT2D eigenvalue weighted by atomic mass is 19.1. The van der Waals surface area contributed by atoms with Crippen molar-refractivity contribution in [3.05, 3.63) is 77.0 Å². The first kappa shape index (κ1) is 18.8. The summed E-state index contributed by atoms with van der Waals surface area (Å²) >= 11 is 0. The van der Waals surface area contributed by atoms with E-state index in [2.05, 4.69) is 4.99 Å². The topological polar surface area (TPSA) is 12.4 Å². The molecule has 2 aromatic rings. The van der Waals surface area contributed by atoms with Crippen molar-refractivity contribution in [2.75, 3.05) is 0 Å². The van der Waals surface area contributed by atoms with E-state index in [0.717, 1.165) is 28.1 Å². The molecule has 0 saturated heterocycles. The summed E-state index contributed by atoms with van der Waals surface area (Å²) in [6, 6.07) is 12.6. The highest BCUT2D eigenvalue weighted by molar-refractivity contribution is 5.99. The summed E-state index contributed by atoms with van der Waals surface area (Å²) in [7, 11) is 0. The molecule has 0 saturated carbocycles. The van der Waals surface area contributed by atoms with Gasteiger partial charge >= 0.3 is 0 Å². The molecule has 0 radical (unpaired) electrons. The van der Waals surface area contributed by atoms with Gasteiger partial charge in [0.15, 0.2) is 0 Å². The van der Waals surface area contributed by atoms with Crippen molar-refractivity contribution in [1.82, 2.24) is 0 Å². The quantitative estimate of drug-likeness (QED) is 0.593. The van der Waals surface area contributed by atoms with Crippen molar-refractivity contribution in [2.45, 2.75) is 34.6 Å². The monoisotopic (exact) mass is 315 g/mol. The molecule has 0 aromatic heterocycles. The van der Waals surface area contributed by atoms with Gasteiger partial charge in [-0.05, 0) is 61.7 Å². The second-order valence-corrected chi connectivity index (χ2v) is 4.92. The van der Waals surface area contributed by atoms with Crippen LogP contribution in [0.1, 0.15) is 45.7 Å². The number of rotatable bonds is 3. The zero-order valence-electron chi connectivity index (χ0n) is 14.3. The minimum absolute atomic E-state index is 0.254. The fourth-order valence-electron chi connectivity index (χ4n) is 2.00. The van der Waals surface area contributed by atoms with Crippen LogP contribution in [-0.2, 0) is 0 Å². The number of halogens is 2. The predicted molar refractivity (Wildman–Crippen MR) is 94.6 cm³/mol. The maximum Gasteiger partial charge on any atom is 0.123 e. The van der Waals surface area contributed by atoms with Gasteiger partial charge in [0.1, 0.15) is 11.6 Å². The Morgan fingerprint density at radius 3 is 1.52 bits per heavy atom. The zero-order valence-corrected chi connectivity index (χ0v) is 14.3. The average Bonchev–Trinajstić information content (AvgIpc) is 2.57. The predicted octanol–water partition coefficient (Wildman–Crippen LogP) is 6.25. The average molecular weight is 315 g/mol. The minimum Gasteiger partial charge on any atom is -0.258 e. The minimum atomic E-state index is -0.263. The molecule has 0 aliphatic carbocycles. The summed E-state index contributed by atoms with van der Waals surface area (Å²) in [6.07, 6.45) is 0. The summed E-state index contributed by atoms with van der Waals surface area (Å²) in [5.41, 5.74) is 4.46. The smallest absolute Gasteiger partial charge is 0.123 e. The Kier molecular flexibility index (Phi) is 7.33. The van der Waals surface area contributed by atoms with E-state index < -0.39 is 0 Å². The Balaban J connectivity index is 0.00000127. The summed E-state index contributed by atoms with van der Waals surface area (Å²) in [6.45, 7) is 9.74. The van der Waals surface area contributed by atoms with Gasteiger partial charge in [0, 0.05) is 11.4 Å². The van der Waals surface area contributed by atoms with Crippen molar-refractivity contribution < 1.29 is 8.78 Å². The molecule has 0 atom stereocenters. The Labute approximate surface area is 137 Å². The second kappa shape index (κ2) is 8.99. The Morgan fingerprint density at radius 2 is 1.09 bits per heavy atom. The first-order chi connectivity index (χ1) is 11.0. The molecule has 0 amide bonds. The standard InChI is InChI=1S/C18H17F2N.C2H6/c1-12(15-4-8-17(19)9-5-15)13(2)21-14(3)16-6-10-18(20)11-7-16;1-2/h4-11H,1-3H3;1-2H3/b13-12+,21-14?;. The SMILES string of the molecule is CC.CC(=N/C(C)=C(\C)c1ccc(F)cc1)c1ccc(F)cc1. The summed E-state index contributed by atoms with van der Waals surface area (Å²) in [5, 5.41) is 0. The van der Waals surface area contributed by atoms with Crippen LogP contribution in [-0.4, -0.2) is 5.71 Å². The van der Waals surface area contributed by atoms with Gasteiger partial charge < -0.3 is 0 Å². The third kappa shape index (κ3) is 5.44. The van der Waals surface area contributed by atoms with E-state index in [0.29, 0.717) is 0 Å². The number of nitrogens with zero attached hydrogens (tertiary/aromatic N) is 1. The molecule has 1 nitrogen and oxygen atoms in total. The van der Waals surface area contributed by atoms with Crippen LogP contribution in [0.5, 0.6) is 0 Å². The van der Waals surface area contributed by atoms with Gasteiger partial charge in [0.2, 0.25) is 0 Å². The molecule has 2 rings (SSSR count). The molecule has 0 unspecified atom stereocenters. The van der Waals surface area contributed by atoms with Gasteiger partial charge in [-0.2, -0.15) is 0 Å². The molecule has 0 bridgehead atoms. The van der Waals surface area contributed by atoms with E-state index >= 15 is 0 Å². The number of benzene rings is 2. The van der Waals surface area contributed by atoms with Crippen LogP contribution >= 0.6 is 0 Å².